The third kappa shape index (κ3) is 8.14. The predicted octanol–water partition coefficient (Wildman–Crippen LogP) is 6.70. The second kappa shape index (κ2) is 14.7. The Kier molecular flexibility index (Phi) is 10.8. The van der Waals surface area contributed by atoms with Gasteiger partial charge in [0.15, 0.2) is 11.5 Å². The summed E-state index contributed by atoms with van der Waals surface area (Å²) in [5, 5.41) is 2.12. The van der Waals surface area contributed by atoms with E-state index in [1.54, 1.807) is 43.3 Å². The topological polar surface area (TPSA) is 111 Å². The van der Waals surface area contributed by atoms with Crippen molar-refractivity contribution in [3.63, 3.8) is 0 Å². The minimum Gasteiger partial charge on any atom is -0.490 e. The number of thioether (sulfide) groups is 1. The van der Waals surface area contributed by atoms with Gasteiger partial charge in [0, 0.05) is 11.3 Å². The first-order chi connectivity index (χ1) is 20.7. The molecule has 1 aliphatic rings. The number of nitrogens with one attached hydrogen (secondary N) is 1. The second-order valence-corrected chi connectivity index (χ2v) is 10.6. The number of anilines is 1. The summed E-state index contributed by atoms with van der Waals surface area (Å²) in [6.45, 7) is 3.67. The van der Waals surface area contributed by atoms with Gasteiger partial charge in [0.2, 0.25) is 5.91 Å². The molecule has 1 aliphatic heterocycles. The van der Waals surface area contributed by atoms with Crippen molar-refractivity contribution < 1.29 is 37.8 Å². The van der Waals surface area contributed by atoms with Gasteiger partial charge >= 0.3 is 5.97 Å². The summed E-state index contributed by atoms with van der Waals surface area (Å²) in [7, 11) is 0. The van der Waals surface area contributed by atoms with Crippen LogP contribution in [0.25, 0.3) is 6.08 Å². The highest BCUT2D eigenvalue weighted by Gasteiger charge is 2.36. The Balaban J connectivity index is 1.43. The lowest BCUT2D eigenvalue weighted by atomic mass is 10.1. The van der Waals surface area contributed by atoms with Crippen molar-refractivity contribution in [1.29, 1.82) is 0 Å². The average Bonchev–Trinajstić information content (AvgIpc) is 3.24. The Morgan fingerprint density at radius 2 is 1.81 bits per heavy atom. The molecule has 3 aromatic carbocycles. The summed E-state index contributed by atoms with van der Waals surface area (Å²) in [6.07, 6.45) is 2.15. The normalized spacial score (nSPS) is 13.8. The monoisotopic (exact) mass is 626 g/mol. The number of carbonyl (C=O) groups is 4. The number of hydrogen-bond donors (Lipinski definition) is 1. The average molecular weight is 627 g/mol. The van der Waals surface area contributed by atoms with Crippen molar-refractivity contribution in [2.45, 2.75) is 26.9 Å². The number of benzene rings is 3. The van der Waals surface area contributed by atoms with Crippen LogP contribution < -0.4 is 14.8 Å². The Morgan fingerprint density at radius 3 is 2.56 bits per heavy atom. The van der Waals surface area contributed by atoms with E-state index < -0.39 is 29.6 Å². The SMILES string of the molecule is CCCOC(=O)c1cc(NC(=O)CN2C(=O)S/C(=C/c3ccc(OCc4ccccc4F)c(OCC)c3)C2=O)ccc1Cl. The van der Waals surface area contributed by atoms with Crippen LogP contribution >= 0.6 is 23.4 Å². The van der Waals surface area contributed by atoms with Crippen LogP contribution in [-0.2, 0) is 20.9 Å². The van der Waals surface area contributed by atoms with Gasteiger partial charge in [-0.1, -0.05) is 42.8 Å². The zero-order valence-corrected chi connectivity index (χ0v) is 24.9. The van der Waals surface area contributed by atoms with Gasteiger partial charge in [0.1, 0.15) is 19.0 Å². The lowest BCUT2D eigenvalue weighted by Gasteiger charge is -2.14. The van der Waals surface area contributed by atoms with Crippen molar-refractivity contribution in [1.82, 2.24) is 4.90 Å². The molecule has 0 spiro atoms. The van der Waals surface area contributed by atoms with E-state index in [0.29, 0.717) is 47.4 Å². The van der Waals surface area contributed by atoms with Crippen molar-refractivity contribution in [2.24, 2.45) is 0 Å². The van der Waals surface area contributed by atoms with Crippen molar-refractivity contribution in [3.05, 3.63) is 93.1 Å². The molecule has 0 aliphatic carbocycles. The minimum absolute atomic E-state index is 0.00662. The molecule has 3 aromatic rings. The van der Waals surface area contributed by atoms with Gasteiger partial charge in [-0.3, -0.25) is 19.3 Å². The van der Waals surface area contributed by atoms with Crippen LogP contribution in [-0.4, -0.2) is 47.7 Å². The summed E-state index contributed by atoms with van der Waals surface area (Å²) in [5.74, 6) is -1.53. The highest BCUT2D eigenvalue weighted by Crippen LogP contribution is 2.35. The van der Waals surface area contributed by atoms with Crippen LogP contribution in [0.2, 0.25) is 5.02 Å². The first-order valence-electron chi connectivity index (χ1n) is 13.3. The largest absolute Gasteiger partial charge is 0.490 e. The highest BCUT2D eigenvalue weighted by atomic mass is 35.5. The van der Waals surface area contributed by atoms with Gasteiger partial charge in [0.05, 0.1) is 28.7 Å². The van der Waals surface area contributed by atoms with E-state index in [2.05, 4.69) is 5.32 Å². The Morgan fingerprint density at radius 1 is 1.02 bits per heavy atom. The second-order valence-electron chi connectivity index (χ2n) is 9.17. The summed E-state index contributed by atoms with van der Waals surface area (Å²) in [6, 6.07) is 15.5. The molecule has 224 valence electrons. The first-order valence-corrected chi connectivity index (χ1v) is 14.5. The molecule has 3 amide bonds. The van der Waals surface area contributed by atoms with Crippen LogP contribution in [0, 0.1) is 5.82 Å². The molecular formula is C31H28ClFN2O7S. The van der Waals surface area contributed by atoms with E-state index in [-0.39, 0.29) is 40.2 Å². The van der Waals surface area contributed by atoms with E-state index in [9.17, 15) is 23.6 Å². The molecule has 0 aromatic heterocycles. The molecule has 0 radical (unpaired) electrons. The van der Waals surface area contributed by atoms with E-state index in [4.69, 9.17) is 25.8 Å². The van der Waals surface area contributed by atoms with Gasteiger partial charge in [-0.15, -0.1) is 0 Å². The van der Waals surface area contributed by atoms with E-state index in [1.165, 1.54) is 30.3 Å². The fourth-order valence-electron chi connectivity index (χ4n) is 3.94. The molecule has 0 bridgehead atoms. The van der Waals surface area contributed by atoms with Crippen LogP contribution in [0.4, 0.5) is 14.9 Å². The molecule has 1 fully saturated rings. The van der Waals surface area contributed by atoms with Crippen LogP contribution in [0.15, 0.2) is 65.6 Å². The summed E-state index contributed by atoms with van der Waals surface area (Å²) in [5.41, 5.74) is 1.27. The number of rotatable bonds is 12. The molecule has 9 nitrogen and oxygen atoms in total. The summed E-state index contributed by atoms with van der Waals surface area (Å²) < 4.78 is 30.5. The van der Waals surface area contributed by atoms with Gasteiger partial charge in [0.25, 0.3) is 11.1 Å². The lowest BCUT2D eigenvalue weighted by Crippen LogP contribution is -2.36. The fourth-order valence-corrected chi connectivity index (χ4v) is 4.97. The molecule has 4 rings (SSSR count). The lowest BCUT2D eigenvalue weighted by molar-refractivity contribution is -0.127. The quantitative estimate of drug-likeness (QED) is 0.175. The van der Waals surface area contributed by atoms with Crippen LogP contribution in [0.5, 0.6) is 11.5 Å². The third-order valence-electron chi connectivity index (χ3n) is 5.99. The summed E-state index contributed by atoms with van der Waals surface area (Å²) in [4.78, 5) is 51.6. The Hall–Kier alpha value is -4.35. The molecule has 43 heavy (non-hydrogen) atoms. The Labute approximate surface area is 256 Å². The highest BCUT2D eigenvalue weighted by molar-refractivity contribution is 8.18. The number of imide groups is 1. The maximum atomic E-state index is 14.0. The molecule has 12 heteroatoms. The van der Waals surface area contributed by atoms with E-state index in [1.807, 2.05) is 6.92 Å². The smallest absolute Gasteiger partial charge is 0.339 e. The number of esters is 1. The van der Waals surface area contributed by atoms with E-state index >= 15 is 0 Å². The van der Waals surface area contributed by atoms with Crippen molar-refractivity contribution in [2.75, 3.05) is 25.1 Å². The number of amides is 3. The van der Waals surface area contributed by atoms with Gasteiger partial charge < -0.3 is 19.5 Å². The molecule has 0 unspecified atom stereocenters. The zero-order chi connectivity index (χ0) is 30.9. The number of halogens is 2. The molecule has 0 atom stereocenters. The van der Waals surface area contributed by atoms with Crippen LogP contribution in [0.1, 0.15) is 41.8 Å². The molecule has 1 saturated heterocycles. The number of nitrogens with zero attached hydrogens (tertiary/aromatic N) is 1. The minimum atomic E-state index is -0.645. The van der Waals surface area contributed by atoms with E-state index in [0.717, 1.165) is 4.90 Å². The molecule has 0 saturated carbocycles. The predicted molar refractivity (Wildman–Crippen MR) is 162 cm³/mol. The fraction of sp³-hybridized carbons (Fsp3) is 0.226. The number of hydrogen-bond acceptors (Lipinski definition) is 8. The first kappa shape index (κ1) is 31.6. The standard InChI is InChI=1S/C31H28ClFN2O7S/c1-3-13-41-30(38)22-16-21(10-11-23(22)32)34-28(36)17-35-29(37)27(43-31(35)39)15-19-9-12-25(26(14-19)40-4-2)42-18-20-7-5-6-8-24(20)33/h5-12,14-16H,3-4,13,17-18H2,1-2H3,(H,34,36)/b27-15+. The van der Waals surface area contributed by atoms with Gasteiger partial charge in [-0.25, -0.2) is 9.18 Å². The molecular weight excluding hydrogens is 599 g/mol. The third-order valence-corrected chi connectivity index (χ3v) is 7.23. The Bertz CT molecular complexity index is 1580. The van der Waals surface area contributed by atoms with Gasteiger partial charge in [-0.2, -0.15) is 0 Å². The maximum Gasteiger partial charge on any atom is 0.339 e. The molecule has 1 heterocycles. The summed E-state index contributed by atoms with van der Waals surface area (Å²) >= 11 is 6.80. The number of ether oxygens (including phenoxy) is 3. The molecule has 1 N–H and O–H groups in total. The van der Waals surface area contributed by atoms with Crippen molar-refractivity contribution in [3.8, 4) is 11.5 Å². The van der Waals surface area contributed by atoms with Crippen molar-refractivity contribution >= 4 is 58.1 Å². The number of carbonyl (C=O) groups excluding carboxylic acids is 4. The maximum absolute atomic E-state index is 14.0. The van der Waals surface area contributed by atoms with Gasteiger partial charge in [-0.05, 0) is 73.1 Å². The zero-order valence-electron chi connectivity index (χ0n) is 23.4. The van der Waals surface area contributed by atoms with Crippen LogP contribution in [0.3, 0.4) is 0 Å².